The Balaban J connectivity index is 1.10. The number of hydrogen-bond donors (Lipinski definition) is 3. The van der Waals surface area contributed by atoms with Gasteiger partial charge in [-0.1, -0.05) is 0 Å². The number of nitrogens with one attached hydrogen (secondary N) is 1. The molecule has 39 heavy (non-hydrogen) atoms. The Hall–Kier alpha value is -4.18. The van der Waals surface area contributed by atoms with Crippen molar-refractivity contribution >= 4 is 23.4 Å². The van der Waals surface area contributed by atoms with E-state index in [4.69, 9.17) is 20.0 Å². The molecule has 208 valence electrons. The average Bonchev–Trinajstić information content (AvgIpc) is 3.58. The van der Waals surface area contributed by atoms with Gasteiger partial charge in [-0.05, 0) is 24.3 Å². The highest BCUT2D eigenvalue weighted by Gasteiger charge is 2.38. The highest BCUT2D eigenvalue weighted by molar-refractivity contribution is 5.53. The smallest absolute Gasteiger partial charge is 0.417 e. The molecule has 1 unspecified atom stereocenters. The van der Waals surface area contributed by atoms with Crippen LogP contribution in [0, 0.1) is 5.82 Å². The molecule has 1 aliphatic rings. The summed E-state index contributed by atoms with van der Waals surface area (Å²) in [7, 11) is 0. The number of rotatable bonds is 9. The number of nitrogens with zero attached hydrogens (tertiary/aromatic N) is 7. The number of anilines is 3. The summed E-state index contributed by atoms with van der Waals surface area (Å²) in [6.07, 6.45) is -5.93. The topological polar surface area (TPSA) is 143 Å². The van der Waals surface area contributed by atoms with Crippen molar-refractivity contribution in [2.75, 3.05) is 61.8 Å². The fourth-order valence-corrected chi connectivity index (χ4v) is 4.04. The number of benzene rings is 1. The minimum Gasteiger partial charge on any atom is -0.490 e. The third-order valence-electron chi connectivity index (χ3n) is 6.10. The Kier molecular flexibility index (Phi) is 7.38. The van der Waals surface area contributed by atoms with Crippen molar-refractivity contribution in [1.29, 1.82) is 0 Å². The minimum atomic E-state index is -4.80. The van der Waals surface area contributed by atoms with Crippen LogP contribution in [-0.2, 0) is 0 Å². The van der Waals surface area contributed by atoms with Gasteiger partial charge >= 0.3 is 6.18 Å². The number of alkyl halides is 3. The SMILES string of the molecule is Nc1nc(NCCN2CCN(c3ccc(OCC(O)C(F)(F)F)cc3F)CC2)nc2nc(-c3ccco3)nn12. The van der Waals surface area contributed by atoms with Gasteiger partial charge in [0.1, 0.15) is 18.2 Å². The number of halogens is 4. The molecule has 16 heteroatoms. The first-order chi connectivity index (χ1) is 18.7. The van der Waals surface area contributed by atoms with Crippen LogP contribution in [0.1, 0.15) is 0 Å². The Morgan fingerprint density at radius 2 is 1.92 bits per heavy atom. The number of furan rings is 1. The maximum absolute atomic E-state index is 14.6. The van der Waals surface area contributed by atoms with Crippen molar-refractivity contribution in [2.45, 2.75) is 12.3 Å². The van der Waals surface area contributed by atoms with E-state index in [0.717, 1.165) is 6.07 Å². The molecule has 0 bridgehead atoms. The number of nitrogens with two attached hydrogens (primary N) is 1. The predicted molar refractivity (Wildman–Crippen MR) is 132 cm³/mol. The molecule has 1 atom stereocenters. The van der Waals surface area contributed by atoms with E-state index in [1.54, 1.807) is 12.1 Å². The fraction of sp³-hybridized carbons (Fsp3) is 0.391. The van der Waals surface area contributed by atoms with Gasteiger partial charge in [0.15, 0.2) is 11.9 Å². The molecule has 4 N–H and O–H groups in total. The summed E-state index contributed by atoms with van der Waals surface area (Å²) in [6, 6.07) is 7.31. The van der Waals surface area contributed by atoms with E-state index in [1.165, 1.54) is 22.9 Å². The molecule has 12 nitrogen and oxygen atoms in total. The fourth-order valence-electron chi connectivity index (χ4n) is 4.04. The molecule has 1 fully saturated rings. The number of ether oxygens (including phenoxy) is 1. The molecule has 0 spiro atoms. The van der Waals surface area contributed by atoms with Crippen LogP contribution in [-0.4, -0.2) is 92.7 Å². The Morgan fingerprint density at radius 3 is 2.62 bits per heavy atom. The lowest BCUT2D eigenvalue weighted by molar-refractivity contribution is -0.210. The molecular formula is C23H25F4N9O3. The first-order valence-electron chi connectivity index (χ1n) is 12.0. The van der Waals surface area contributed by atoms with E-state index in [0.29, 0.717) is 62.5 Å². The van der Waals surface area contributed by atoms with Crippen LogP contribution in [0.15, 0.2) is 41.0 Å². The van der Waals surface area contributed by atoms with Crippen LogP contribution < -0.4 is 20.7 Å². The summed E-state index contributed by atoms with van der Waals surface area (Å²) in [5.74, 6) is 0.834. The Labute approximate surface area is 219 Å². The van der Waals surface area contributed by atoms with E-state index >= 15 is 0 Å². The van der Waals surface area contributed by atoms with Crippen molar-refractivity contribution in [1.82, 2.24) is 29.5 Å². The molecule has 0 radical (unpaired) electrons. The zero-order valence-corrected chi connectivity index (χ0v) is 20.5. The lowest BCUT2D eigenvalue weighted by Gasteiger charge is -2.36. The van der Waals surface area contributed by atoms with Gasteiger partial charge in [0, 0.05) is 45.3 Å². The van der Waals surface area contributed by atoms with E-state index in [1.807, 2.05) is 4.90 Å². The molecule has 5 rings (SSSR count). The molecule has 0 amide bonds. The first-order valence-corrected chi connectivity index (χ1v) is 12.0. The number of piperazine rings is 1. The molecule has 0 saturated carbocycles. The number of fused-ring (bicyclic) bond motifs is 1. The Bertz CT molecular complexity index is 1410. The monoisotopic (exact) mass is 551 g/mol. The van der Waals surface area contributed by atoms with Gasteiger partial charge in [-0.2, -0.15) is 32.6 Å². The first kappa shape index (κ1) is 26.4. The summed E-state index contributed by atoms with van der Waals surface area (Å²) in [5, 5.41) is 16.4. The summed E-state index contributed by atoms with van der Waals surface area (Å²) in [6.45, 7) is 2.61. The van der Waals surface area contributed by atoms with E-state index in [2.05, 4.69) is 30.3 Å². The molecule has 1 saturated heterocycles. The zero-order chi connectivity index (χ0) is 27.6. The summed E-state index contributed by atoms with van der Waals surface area (Å²) < 4.78 is 63.4. The van der Waals surface area contributed by atoms with Crippen molar-refractivity contribution in [3.63, 3.8) is 0 Å². The van der Waals surface area contributed by atoms with Crippen molar-refractivity contribution in [3.8, 4) is 17.3 Å². The number of hydrogen-bond acceptors (Lipinski definition) is 11. The second-order valence-electron chi connectivity index (χ2n) is 8.77. The summed E-state index contributed by atoms with van der Waals surface area (Å²) >= 11 is 0. The lowest BCUT2D eigenvalue weighted by Crippen LogP contribution is -2.48. The van der Waals surface area contributed by atoms with Crippen molar-refractivity contribution in [2.24, 2.45) is 0 Å². The number of aromatic nitrogens is 5. The molecule has 3 aromatic heterocycles. The van der Waals surface area contributed by atoms with Gasteiger partial charge in [0.05, 0.1) is 12.0 Å². The molecule has 4 aromatic rings. The zero-order valence-electron chi connectivity index (χ0n) is 20.5. The standard InChI is InChI=1S/C23H25F4N9O3/c24-15-12-14(39-13-18(37)23(25,26)27)3-4-16(15)35-9-7-34(8-10-35)6-5-29-21-31-20(28)36-22(32-21)30-19(33-36)17-2-1-11-38-17/h1-4,11-12,18,37H,5-10,13H2,(H3,28,29,30,31,32,33). The highest BCUT2D eigenvalue weighted by atomic mass is 19.4. The molecular weight excluding hydrogens is 526 g/mol. The van der Waals surface area contributed by atoms with Gasteiger partial charge in [-0.25, -0.2) is 4.39 Å². The summed E-state index contributed by atoms with van der Waals surface area (Å²) in [5.41, 5.74) is 6.34. The van der Waals surface area contributed by atoms with Gasteiger partial charge in [0.2, 0.25) is 17.7 Å². The molecule has 4 heterocycles. The quantitative estimate of drug-likeness (QED) is 0.263. The third kappa shape index (κ3) is 6.12. The minimum absolute atomic E-state index is 0.0892. The van der Waals surface area contributed by atoms with Crippen molar-refractivity contribution in [3.05, 3.63) is 42.4 Å². The van der Waals surface area contributed by atoms with E-state index < -0.39 is 24.7 Å². The van der Waals surface area contributed by atoms with Crippen LogP contribution in [0.5, 0.6) is 5.75 Å². The van der Waals surface area contributed by atoms with Crippen LogP contribution in [0.3, 0.4) is 0 Å². The van der Waals surface area contributed by atoms with Gasteiger partial charge < -0.3 is 30.2 Å². The van der Waals surface area contributed by atoms with Gasteiger partial charge in [-0.3, -0.25) is 4.90 Å². The maximum Gasteiger partial charge on any atom is 0.417 e. The van der Waals surface area contributed by atoms with E-state index in [9.17, 15) is 17.6 Å². The van der Waals surface area contributed by atoms with Crippen LogP contribution >= 0.6 is 0 Å². The number of nitrogen functional groups attached to an aromatic ring is 1. The highest BCUT2D eigenvalue weighted by Crippen LogP contribution is 2.27. The molecule has 0 aliphatic carbocycles. The maximum atomic E-state index is 14.6. The number of aliphatic hydroxyl groups excluding tert-OH is 1. The average molecular weight is 552 g/mol. The summed E-state index contributed by atoms with van der Waals surface area (Å²) in [4.78, 5) is 16.9. The molecule has 1 aliphatic heterocycles. The second-order valence-corrected chi connectivity index (χ2v) is 8.77. The predicted octanol–water partition coefficient (Wildman–Crippen LogP) is 2.04. The van der Waals surface area contributed by atoms with Crippen molar-refractivity contribution < 1.29 is 31.8 Å². The normalized spacial score (nSPS) is 15.6. The molecule has 1 aromatic carbocycles. The van der Waals surface area contributed by atoms with Gasteiger partial charge in [-0.15, -0.1) is 5.10 Å². The van der Waals surface area contributed by atoms with Crippen LogP contribution in [0.25, 0.3) is 17.4 Å². The number of aliphatic hydroxyl groups is 1. The van der Waals surface area contributed by atoms with Gasteiger partial charge in [0.25, 0.3) is 5.78 Å². The van der Waals surface area contributed by atoms with Crippen LogP contribution in [0.2, 0.25) is 0 Å². The largest absolute Gasteiger partial charge is 0.490 e. The second kappa shape index (κ2) is 10.9. The third-order valence-corrected chi connectivity index (χ3v) is 6.10. The Morgan fingerprint density at radius 1 is 1.13 bits per heavy atom. The van der Waals surface area contributed by atoms with E-state index in [-0.39, 0.29) is 17.5 Å². The van der Waals surface area contributed by atoms with Crippen LogP contribution in [0.4, 0.5) is 35.1 Å². The lowest BCUT2D eigenvalue weighted by atomic mass is 10.2.